The van der Waals surface area contributed by atoms with E-state index < -0.39 is 13.9 Å². The normalized spacial score (nSPS) is 33.5. The summed E-state index contributed by atoms with van der Waals surface area (Å²) >= 11 is 0. The van der Waals surface area contributed by atoms with Crippen LogP contribution >= 0.6 is 7.82 Å². The van der Waals surface area contributed by atoms with Crippen molar-refractivity contribution in [3.63, 3.8) is 0 Å². The molecule has 2 atom stereocenters. The van der Waals surface area contributed by atoms with Crippen LogP contribution in [-0.4, -0.2) is 11.5 Å². The average Bonchev–Trinajstić information content (AvgIpc) is 2.48. The van der Waals surface area contributed by atoms with Gasteiger partial charge in [0, 0.05) is 0 Å². The lowest BCUT2D eigenvalue weighted by atomic mass is 10.1. The van der Waals surface area contributed by atoms with E-state index in [1.807, 2.05) is 30.3 Å². The first-order valence-electron chi connectivity index (χ1n) is 3.88. The highest BCUT2D eigenvalue weighted by molar-refractivity contribution is 7.47. The molecule has 1 N–H and O–H groups in total. The summed E-state index contributed by atoms with van der Waals surface area (Å²) in [5.74, 6) is 0. The molecule has 1 fully saturated rings. The molecule has 0 saturated carbocycles. The standard InChI is InChI=1S/C8H9O4P/c9-13(10)11-6-8(12-13)7-4-2-1-3-5-7/h1-5,8H,6H2,(H,9,10). The molecule has 1 heterocycles. The van der Waals surface area contributed by atoms with Crippen LogP contribution in [0.25, 0.3) is 0 Å². The molecular weight excluding hydrogens is 191 g/mol. The minimum atomic E-state index is -3.76. The summed E-state index contributed by atoms with van der Waals surface area (Å²) in [6.07, 6.45) is -0.419. The van der Waals surface area contributed by atoms with Crippen molar-refractivity contribution in [1.29, 1.82) is 0 Å². The third-order valence-electron chi connectivity index (χ3n) is 1.82. The van der Waals surface area contributed by atoms with E-state index >= 15 is 0 Å². The molecule has 0 aromatic heterocycles. The Balaban J connectivity index is 2.18. The van der Waals surface area contributed by atoms with Crippen LogP contribution in [0.4, 0.5) is 0 Å². The Morgan fingerprint density at radius 1 is 1.38 bits per heavy atom. The maximum Gasteiger partial charge on any atom is 0.472 e. The van der Waals surface area contributed by atoms with Crippen molar-refractivity contribution < 1.29 is 18.5 Å². The molecule has 2 unspecified atom stereocenters. The quantitative estimate of drug-likeness (QED) is 0.703. The maximum atomic E-state index is 10.9. The number of hydrogen-bond acceptors (Lipinski definition) is 3. The Morgan fingerprint density at radius 3 is 2.62 bits per heavy atom. The molecule has 0 spiro atoms. The van der Waals surface area contributed by atoms with Gasteiger partial charge in [0.25, 0.3) is 0 Å². The maximum absolute atomic E-state index is 10.9. The Bertz CT molecular complexity index is 337. The van der Waals surface area contributed by atoms with Gasteiger partial charge in [-0.25, -0.2) is 4.57 Å². The zero-order valence-corrected chi connectivity index (χ0v) is 7.68. The molecule has 1 saturated heterocycles. The van der Waals surface area contributed by atoms with E-state index in [-0.39, 0.29) is 6.61 Å². The van der Waals surface area contributed by atoms with Crippen LogP contribution < -0.4 is 0 Å². The van der Waals surface area contributed by atoms with E-state index in [0.717, 1.165) is 5.56 Å². The van der Waals surface area contributed by atoms with Crippen molar-refractivity contribution in [2.45, 2.75) is 6.10 Å². The van der Waals surface area contributed by atoms with Gasteiger partial charge in [-0.05, 0) is 5.56 Å². The highest BCUT2D eigenvalue weighted by Gasteiger charge is 2.35. The van der Waals surface area contributed by atoms with Gasteiger partial charge < -0.3 is 4.89 Å². The smallest absolute Gasteiger partial charge is 0.302 e. The lowest BCUT2D eigenvalue weighted by Gasteiger charge is -2.06. The minimum absolute atomic E-state index is 0.137. The van der Waals surface area contributed by atoms with Gasteiger partial charge in [0.05, 0.1) is 6.61 Å². The highest BCUT2D eigenvalue weighted by Crippen LogP contribution is 2.54. The fraction of sp³-hybridized carbons (Fsp3) is 0.250. The lowest BCUT2D eigenvalue weighted by Crippen LogP contribution is -1.98. The van der Waals surface area contributed by atoms with Crippen LogP contribution in [-0.2, 0) is 13.6 Å². The van der Waals surface area contributed by atoms with Crippen LogP contribution in [0, 0.1) is 0 Å². The van der Waals surface area contributed by atoms with Gasteiger partial charge in [0.1, 0.15) is 6.10 Å². The zero-order chi connectivity index (χ0) is 9.31. The molecule has 1 aliphatic heterocycles. The third kappa shape index (κ3) is 1.98. The van der Waals surface area contributed by atoms with E-state index in [2.05, 4.69) is 4.52 Å². The Kier molecular flexibility index (Phi) is 2.22. The van der Waals surface area contributed by atoms with E-state index in [9.17, 15) is 4.57 Å². The minimum Gasteiger partial charge on any atom is -0.302 e. The lowest BCUT2D eigenvalue weighted by molar-refractivity contribution is 0.218. The molecule has 1 aromatic rings. The largest absolute Gasteiger partial charge is 0.472 e. The summed E-state index contributed by atoms with van der Waals surface area (Å²) in [6, 6.07) is 9.23. The van der Waals surface area contributed by atoms with Crippen LogP contribution in [0.5, 0.6) is 0 Å². The van der Waals surface area contributed by atoms with Gasteiger partial charge in [-0.3, -0.25) is 9.05 Å². The molecule has 5 heteroatoms. The molecule has 13 heavy (non-hydrogen) atoms. The van der Waals surface area contributed by atoms with E-state index in [1.165, 1.54) is 0 Å². The zero-order valence-electron chi connectivity index (χ0n) is 6.79. The van der Waals surface area contributed by atoms with Crippen LogP contribution in [0.3, 0.4) is 0 Å². The predicted molar refractivity (Wildman–Crippen MR) is 46.0 cm³/mol. The summed E-state index contributed by atoms with van der Waals surface area (Å²) in [6.45, 7) is 0.137. The molecule has 0 aliphatic carbocycles. The van der Waals surface area contributed by atoms with Gasteiger partial charge in [0.15, 0.2) is 0 Å². The topological polar surface area (TPSA) is 55.8 Å². The summed E-state index contributed by atoms with van der Waals surface area (Å²) in [5.41, 5.74) is 0.856. The average molecular weight is 200 g/mol. The molecule has 0 radical (unpaired) electrons. The van der Waals surface area contributed by atoms with Gasteiger partial charge in [-0.1, -0.05) is 30.3 Å². The van der Waals surface area contributed by atoms with Gasteiger partial charge in [0.2, 0.25) is 0 Å². The SMILES string of the molecule is O=P1(O)OCC(c2ccccc2)O1. The Morgan fingerprint density at radius 2 is 2.08 bits per heavy atom. The van der Waals surface area contributed by atoms with E-state index in [4.69, 9.17) is 9.42 Å². The second kappa shape index (κ2) is 3.24. The van der Waals surface area contributed by atoms with E-state index in [1.54, 1.807) is 0 Å². The van der Waals surface area contributed by atoms with Crippen LogP contribution in [0.2, 0.25) is 0 Å². The van der Waals surface area contributed by atoms with Gasteiger partial charge in [-0.15, -0.1) is 0 Å². The van der Waals surface area contributed by atoms with Crippen molar-refractivity contribution in [2.24, 2.45) is 0 Å². The van der Waals surface area contributed by atoms with Crippen molar-refractivity contribution >= 4 is 7.82 Å². The third-order valence-corrected chi connectivity index (χ3v) is 2.82. The molecule has 1 aliphatic rings. The molecule has 0 bridgehead atoms. The fourth-order valence-corrected chi connectivity index (χ4v) is 2.10. The predicted octanol–water partition coefficient (Wildman–Crippen LogP) is 1.87. The second-order valence-electron chi connectivity index (χ2n) is 2.77. The summed E-state index contributed by atoms with van der Waals surface area (Å²) in [5, 5.41) is 0. The monoisotopic (exact) mass is 200 g/mol. The molecule has 1 aromatic carbocycles. The number of rotatable bonds is 1. The summed E-state index contributed by atoms with van der Waals surface area (Å²) < 4.78 is 20.3. The molecular formula is C8H9O4P. The second-order valence-corrected chi connectivity index (χ2v) is 4.18. The summed E-state index contributed by atoms with van der Waals surface area (Å²) in [7, 11) is -3.76. The number of phosphoric ester groups is 1. The summed E-state index contributed by atoms with van der Waals surface area (Å²) in [4.78, 5) is 8.94. The molecule has 4 nitrogen and oxygen atoms in total. The van der Waals surface area contributed by atoms with Gasteiger partial charge >= 0.3 is 7.82 Å². The van der Waals surface area contributed by atoms with Crippen molar-refractivity contribution in [2.75, 3.05) is 6.61 Å². The van der Waals surface area contributed by atoms with Crippen molar-refractivity contribution in [1.82, 2.24) is 0 Å². The van der Waals surface area contributed by atoms with Gasteiger partial charge in [-0.2, -0.15) is 0 Å². The molecule has 2 rings (SSSR count). The van der Waals surface area contributed by atoms with Crippen molar-refractivity contribution in [3.8, 4) is 0 Å². The van der Waals surface area contributed by atoms with Crippen LogP contribution in [0.1, 0.15) is 11.7 Å². The fourth-order valence-electron chi connectivity index (χ4n) is 1.21. The van der Waals surface area contributed by atoms with Crippen LogP contribution in [0.15, 0.2) is 30.3 Å². The Labute approximate surface area is 75.7 Å². The first kappa shape index (κ1) is 8.91. The van der Waals surface area contributed by atoms with E-state index in [0.29, 0.717) is 0 Å². The Hall–Kier alpha value is -0.670. The van der Waals surface area contributed by atoms with Crippen molar-refractivity contribution in [3.05, 3.63) is 35.9 Å². The number of hydrogen-bond donors (Lipinski definition) is 1. The molecule has 0 amide bonds. The first-order valence-corrected chi connectivity index (χ1v) is 5.38. The number of benzene rings is 1. The number of phosphoric acid groups is 1. The first-order chi connectivity index (χ1) is 6.17. The molecule has 70 valence electrons. The highest BCUT2D eigenvalue weighted by atomic mass is 31.2.